The summed E-state index contributed by atoms with van der Waals surface area (Å²) in [5.74, 6) is 0.836. The molecule has 21 heavy (non-hydrogen) atoms. The van der Waals surface area contributed by atoms with Crippen LogP contribution in [0.25, 0.3) is 11.1 Å². The van der Waals surface area contributed by atoms with Gasteiger partial charge < -0.3 is 15.3 Å². The Morgan fingerprint density at radius 2 is 0.714 bits per heavy atom. The van der Waals surface area contributed by atoms with E-state index < -0.39 is 0 Å². The summed E-state index contributed by atoms with van der Waals surface area (Å²) in [5.41, 5.74) is 2.03. The van der Waals surface area contributed by atoms with E-state index in [1.54, 1.807) is 48.5 Å². The van der Waals surface area contributed by atoms with Gasteiger partial charge in [-0.15, -0.1) is 0 Å². The molecular weight excluding hydrogens is 264 g/mol. The SMILES string of the molecule is Oc1ccc(-c2ccc(O)cc2)cc1.Oc1ccccc1. The first-order valence-corrected chi connectivity index (χ1v) is 6.47. The molecule has 106 valence electrons. The van der Waals surface area contributed by atoms with Gasteiger partial charge in [-0.25, -0.2) is 0 Å². The van der Waals surface area contributed by atoms with Gasteiger partial charge in [-0.2, -0.15) is 0 Å². The van der Waals surface area contributed by atoms with Crippen LogP contribution in [-0.2, 0) is 0 Å². The summed E-state index contributed by atoms with van der Waals surface area (Å²) < 4.78 is 0. The molecule has 0 aliphatic rings. The van der Waals surface area contributed by atoms with Crippen molar-refractivity contribution < 1.29 is 15.3 Å². The normalized spacial score (nSPS) is 9.52. The third-order valence-corrected chi connectivity index (χ3v) is 2.82. The maximum Gasteiger partial charge on any atom is 0.115 e. The molecule has 3 aromatic rings. The topological polar surface area (TPSA) is 60.7 Å². The Labute approximate surface area is 123 Å². The standard InChI is InChI=1S/C12H10O2.C6H6O/c13-11-5-1-9(2-6-11)10-3-7-12(14)8-4-10;7-6-4-2-1-3-5-6/h1-8,13-14H;1-5,7H. The molecule has 0 heterocycles. The van der Waals surface area contributed by atoms with E-state index in [0.717, 1.165) is 11.1 Å². The fourth-order valence-corrected chi connectivity index (χ4v) is 1.74. The van der Waals surface area contributed by atoms with Crippen LogP contribution in [0.4, 0.5) is 0 Å². The molecule has 0 fully saturated rings. The van der Waals surface area contributed by atoms with Gasteiger partial charge >= 0.3 is 0 Å². The second-order valence-electron chi connectivity index (χ2n) is 4.43. The lowest BCUT2D eigenvalue weighted by Crippen LogP contribution is -1.75. The van der Waals surface area contributed by atoms with E-state index in [-0.39, 0.29) is 11.5 Å². The molecule has 3 aromatic carbocycles. The van der Waals surface area contributed by atoms with Crippen LogP contribution in [0.15, 0.2) is 78.9 Å². The Kier molecular flexibility index (Phi) is 4.83. The van der Waals surface area contributed by atoms with Crippen molar-refractivity contribution in [2.45, 2.75) is 0 Å². The zero-order valence-corrected chi connectivity index (χ0v) is 11.3. The number of hydrogen-bond acceptors (Lipinski definition) is 3. The molecule has 0 aliphatic heterocycles. The van der Waals surface area contributed by atoms with Crippen molar-refractivity contribution in [3.63, 3.8) is 0 Å². The average molecular weight is 280 g/mol. The molecule has 0 spiro atoms. The van der Waals surface area contributed by atoms with Crippen LogP contribution < -0.4 is 0 Å². The molecule has 3 nitrogen and oxygen atoms in total. The van der Waals surface area contributed by atoms with Crippen LogP contribution in [0.3, 0.4) is 0 Å². The first-order valence-electron chi connectivity index (χ1n) is 6.47. The van der Waals surface area contributed by atoms with Gasteiger partial charge in [-0.05, 0) is 47.5 Å². The van der Waals surface area contributed by atoms with Gasteiger partial charge in [-0.1, -0.05) is 42.5 Å². The Morgan fingerprint density at radius 3 is 1.00 bits per heavy atom. The van der Waals surface area contributed by atoms with Gasteiger partial charge in [0.15, 0.2) is 0 Å². The van der Waals surface area contributed by atoms with Crippen LogP contribution in [0.5, 0.6) is 17.2 Å². The Hall–Kier alpha value is -2.94. The minimum atomic E-state index is 0.257. The molecule has 0 saturated heterocycles. The van der Waals surface area contributed by atoms with E-state index in [0.29, 0.717) is 5.75 Å². The van der Waals surface area contributed by atoms with Gasteiger partial charge in [0.2, 0.25) is 0 Å². The number of phenols is 3. The Morgan fingerprint density at radius 1 is 0.381 bits per heavy atom. The number of para-hydroxylation sites is 1. The fraction of sp³-hybridized carbons (Fsp3) is 0. The predicted octanol–water partition coefficient (Wildman–Crippen LogP) is 4.16. The maximum absolute atomic E-state index is 9.11. The summed E-state index contributed by atoms with van der Waals surface area (Å²) in [6.45, 7) is 0. The summed E-state index contributed by atoms with van der Waals surface area (Å²) in [6, 6.07) is 22.6. The number of rotatable bonds is 1. The van der Waals surface area contributed by atoms with Crippen molar-refractivity contribution in [2.24, 2.45) is 0 Å². The molecule has 0 aromatic heterocycles. The zero-order chi connectivity index (χ0) is 15.1. The zero-order valence-electron chi connectivity index (χ0n) is 11.3. The Balaban J connectivity index is 0.000000194. The molecule has 0 bridgehead atoms. The van der Waals surface area contributed by atoms with E-state index in [1.165, 1.54) is 0 Å². The van der Waals surface area contributed by atoms with Crippen LogP contribution in [0.2, 0.25) is 0 Å². The third-order valence-electron chi connectivity index (χ3n) is 2.82. The molecule has 0 atom stereocenters. The quantitative estimate of drug-likeness (QED) is 0.627. The summed E-state index contributed by atoms with van der Waals surface area (Å²) >= 11 is 0. The second-order valence-corrected chi connectivity index (χ2v) is 4.43. The highest BCUT2D eigenvalue weighted by molar-refractivity contribution is 5.64. The van der Waals surface area contributed by atoms with Crippen molar-refractivity contribution in [1.29, 1.82) is 0 Å². The van der Waals surface area contributed by atoms with Crippen molar-refractivity contribution in [3.05, 3.63) is 78.9 Å². The molecule has 3 rings (SSSR count). The second kappa shape index (κ2) is 7.01. The van der Waals surface area contributed by atoms with E-state index in [1.807, 2.05) is 30.3 Å². The van der Waals surface area contributed by atoms with E-state index in [9.17, 15) is 0 Å². The minimum Gasteiger partial charge on any atom is -0.508 e. The molecule has 3 N–H and O–H groups in total. The summed E-state index contributed by atoms with van der Waals surface area (Å²) in [6.07, 6.45) is 0. The largest absolute Gasteiger partial charge is 0.508 e. The maximum atomic E-state index is 9.11. The van der Waals surface area contributed by atoms with Crippen LogP contribution in [-0.4, -0.2) is 15.3 Å². The van der Waals surface area contributed by atoms with E-state index in [2.05, 4.69) is 0 Å². The van der Waals surface area contributed by atoms with Gasteiger partial charge in [0, 0.05) is 0 Å². The van der Waals surface area contributed by atoms with Crippen molar-refractivity contribution >= 4 is 0 Å². The molecule has 0 saturated carbocycles. The molecule has 0 unspecified atom stereocenters. The predicted molar refractivity (Wildman–Crippen MR) is 83.3 cm³/mol. The van der Waals surface area contributed by atoms with Crippen LogP contribution in [0.1, 0.15) is 0 Å². The number of aromatic hydroxyl groups is 3. The van der Waals surface area contributed by atoms with Crippen molar-refractivity contribution in [2.75, 3.05) is 0 Å². The third kappa shape index (κ3) is 4.58. The molecule has 0 aliphatic carbocycles. The number of benzene rings is 3. The average Bonchev–Trinajstić information content (AvgIpc) is 2.50. The fourth-order valence-electron chi connectivity index (χ4n) is 1.74. The lowest BCUT2D eigenvalue weighted by atomic mass is 10.1. The van der Waals surface area contributed by atoms with Gasteiger partial charge in [0.1, 0.15) is 17.2 Å². The van der Waals surface area contributed by atoms with Gasteiger partial charge in [0.25, 0.3) is 0 Å². The summed E-state index contributed by atoms with van der Waals surface area (Å²) in [4.78, 5) is 0. The number of phenolic OH excluding ortho intramolecular Hbond substituents is 3. The monoisotopic (exact) mass is 280 g/mol. The number of hydrogen-bond donors (Lipinski definition) is 3. The molecule has 0 amide bonds. The summed E-state index contributed by atoms with van der Waals surface area (Å²) in [5, 5.41) is 26.8. The highest BCUT2D eigenvalue weighted by atomic mass is 16.3. The minimum absolute atomic E-state index is 0.257. The van der Waals surface area contributed by atoms with Crippen molar-refractivity contribution in [3.8, 4) is 28.4 Å². The highest BCUT2D eigenvalue weighted by Gasteiger charge is 1.96. The smallest absolute Gasteiger partial charge is 0.115 e. The van der Waals surface area contributed by atoms with Crippen LogP contribution in [0, 0.1) is 0 Å². The first kappa shape index (κ1) is 14.5. The van der Waals surface area contributed by atoms with E-state index in [4.69, 9.17) is 15.3 Å². The van der Waals surface area contributed by atoms with Gasteiger partial charge in [0.05, 0.1) is 0 Å². The molecule has 3 heteroatoms. The lowest BCUT2D eigenvalue weighted by molar-refractivity contribution is 0.474. The first-order chi connectivity index (χ1) is 10.1. The van der Waals surface area contributed by atoms with Crippen molar-refractivity contribution in [1.82, 2.24) is 0 Å². The lowest BCUT2D eigenvalue weighted by Gasteiger charge is -2.01. The Bertz CT molecular complexity index is 616. The van der Waals surface area contributed by atoms with E-state index >= 15 is 0 Å². The van der Waals surface area contributed by atoms with Crippen LogP contribution >= 0.6 is 0 Å². The highest BCUT2D eigenvalue weighted by Crippen LogP contribution is 2.23. The molecule has 0 radical (unpaired) electrons. The summed E-state index contributed by atoms with van der Waals surface area (Å²) in [7, 11) is 0. The van der Waals surface area contributed by atoms with Gasteiger partial charge in [-0.3, -0.25) is 0 Å². The molecular formula is C18H16O3.